The number of ether oxygens (including phenoxy) is 1. The second-order valence-electron chi connectivity index (χ2n) is 4.65. The predicted octanol–water partition coefficient (Wildman–Crippen LogP) is 3.89. The van der Waals surface area contributed by atoms with Gasteiger partial charge in [0.25, 0.3) is 0 Å². The fraction of sp³-hybridized carbons (Fsp3) is 0.333. The number of aryl methyl sites for hydroxylation is 2. The summed E-state index contributed by atoms with van der Waals surface area (Å²) < 4.78 is 21.6. The van der Waals surface area contributed by atoms with Crippen molar-refractivity contribution in [3.05, 3.63) is 45.4 Å². The first kappa shape index (κ1) is 15.7. The largest absolute Gasteiger partial charge is 0.487 e. The van der Waals surface area contributed by atoms with Crippen molar-refractivity contribution in [3.63, 3.8) is 0 Å². The van der Waals surface area contributed by atoms with Gasteiger partial charge in [-0.1, -0.05) is 0 Å². The first-order chi connectivity index (χ1) is 9.93. The fourth-order valence-electron chi connectivity index (χ4n) is 2.06. The molecule has 2 aromatic rings. The SMILES string of the molecule is CCn1nc(C)c(Br)c1COc1ccc(F)cc1C(C)=O. The van der Waals surface area contributed by atoms with Crippen LogP contribution in [-0.2, 0) is 13.2 Å². The summed E-state index contributed by atoms with van der Waals surface area (Å²) >= 11 is 3.48. The van der Waals surface area contributed by atoms with Gasteiger partial charge in [0, 0.05) is 6.54 Å². The number of Topliss-reactive ketones (excluding diaryl/α,β-unsaturated/α-hetero) is 1. The van der Waals surface area contributed by atoms with E-state index < -0.39 is 5.82 Å². The van der Waals surface area contributed by atoms with Crippen molar-refractivity contribution < 1.29 is 13.9 Å². The van der Waals surface area contributed by atoms with Crippen LogP contribution in [0.1, 0.15) is 35.6 Å². The lowest BCUT2D eigenvalue weighted by Gasteiger charge is -2.11. The normalized spacial score (nSPS) is 10.7. The Kier molecular flexibility index (Phi) is 4.77. The third kappa shape index (κ3) is 3.32. The van der Waals surface area contributed by atoms with Gasteiger partial charge in [0.15, 0.2) is 5.78 Å². The van der Waals surface area contributed by atoms with Crippen LogP contribution in [0.4, 0.5) is 4.39 Å². The maximum Gasteiger partial charge on any atom is 0.163 e. The van der Waals surface area contributed by atoms with Crippen LogP contribution < -0.4 is 4.74 Å². The van der Waals surface area contributed by atoms with Crippen molar-refractivity contribution in [3.8, 4) is 5.75 Å². The van der Waals surface area contributed by atoms with Gasteiger partial charge in [-0.05, 0) is 54.9 Å². The maximum absolute atomic E-state index is 13.2. The summed E-state index contributed by atoms with van der Waals surface area (Å²) in [4.78, 5) is 11.6. The van der Waals surface area contributed by atoms with Gasteiger partial charge in [0.2, 0.25) is 0 Å². The van der Waals surface area contributed by atoms with E-state index in [1.807, 2.05) is 18.5 Å². The van der Waals surface area contributed by atoms with Crippen molar-refractivity contribution in [2.75, 3.05) is 0 Å². The molecule has 0 spiro atoms. The number of carbonyl (C=O) groups is 1. The van der Waals surface area contributed by atoms with Gasteiger partial charge in [0.1, 0.15) is 18.2 Å². The number of nitrogens with zero attached hydrogens (tertiary/aromatic N) is 2. The lowest BCUT2D eigenvalue weighted by Crippen LogP contribution is -2.08. The van der Waals surface area contributed by atoms with Crippen molar-refractivity contribution in [2.24, 2.45) is 0 Å². The third-order valence-electron chi connectivity index (χ3n) is 3.14. The van der Waals surface area contributed by atoms with Crippen molar-refractivity contribution in [1.82, 2.24) is 9.78 Å². The number of aromatic nitrogens is 2. The van der Waals surface area contributed by atoms with Gasteiger partial charge in [-0.25, -0.2) is 4.39 Å². The van der Waals surface area contributed by atoms with Gasteiger partial charge >= 0.3 is 0 Å². The minimum atomic E-state index is -0.455. The van der Waals surface area contributed by atoms with E-state index >= 15 is 0 Å². The lowest BCUT2D eigenvalue weighted by atomic mass is 10.1. The predicted molar refractivity (Wildman–Crippen MR) is 81.1 cm³/mol. The van der Waals surface area contributed by atoms with Gasteiger partial charge in [-0.3, -0.25) is 9.48 Å². The van der Waals surface area contributed by atoms with E-state index in [0.29, 0.717) is 12.3 Å². The highest BCUT2D eigenvalue weighted by molar-refractivity contribution is 9.10. The molecule has 4 nitrogen and oxygen atoms in total. The van der Waals surface area contributed by atoms with E-state index in [2.05, 4.69) is 21.0 Å². The number of halogens is 2. The van der Waals surface area contributed by atoms with Crippen molar-refractivity contribution in [1.29, 1.82) is 0 Å². The summed E-state index contributed by atoms with van der Waals surface area (Å²) in [7, 11) is 0. The van der Waals surface area contributed by atoms with Crippen LogP contribution in [0.3, 0.4) is 0 Å². The Balaban J connectivity index is 2.27. The van der Waals surface area contributed by atoms with Gasteiger partial charge in [-0.2, -0.15) is 5.10 Å². The molecule has 21 heavy (non-hydrogen) atoms. The van der Waals surface area contributed by atoms with Crippen LogP contribution in [-0.4, -0.2) is 15.6 Å². The molecule has 0 fully saturated rings. The van der Waals surface area contributed by atoms with E-state index in [4.69, 9.17) is 4.74 Å². The molecule has 2 rings (SSSR count). The topological polar surface area (TPSA) is 44.1 Å². The van der Waals surface area contributed by atoms with Gasteiger partial charge in [0.05, 0.1) is 21.4 Å². The monoisotopic (exact) mass is 354 g/mol. The number of benzene rings is 1. The van der Waals surface area contributed by atoms with Gasteiger partial charge in [-0.15, -0.1) is 0 Å². The Morgan fingerprint density at radius 3 is 2.81 bits per heavy atom. The number of carbonyl (C=O) groups excluding carboxylic acids is 1. The zero-order chi connectivity index (χ0) is 15.6. The highest BCUT2D eigenvalue weighted by Gasteiger charge is 2.15. The van der Waals surface area contributed by atoms with Crippen LogP contribution in [0.2, 0.25) is 0 Å². The van der Waals surface area contributed by atoms with E-state index in [9.17, 15) is 9.18 Å². The Morgan fingerprint density at radius 2 is 2.19 bits per heavy atom. The molecular formula is C15H16BrFN2O2. The lowest BCUT2D eigenvalue weighted by molar-refractivity contribution is 0.101. The standard InChI is InChI=1S/C15H16BrFN2O2/c1-4-19-13(15(16)9(2)18-19)8-21-14-6-5-11(17)7-12(14)10(3)20/h5-7H,4,8H2,1-3H3. The minimum absolute atomic E-state index is 0.233. The van der Waals surface area contributed by atoms with Crippen LogP contribution >= 0.6 is 15.9 Å². The third-order valence-corrected chi connectivity index (χ3v) is 4.17. The van der Waals surface area contributed by atoms with E-state index in [-0.39, 0.29) is 18.0 Å². The van der Waals surface area contributed by atoms with E-state index in [1.54, 1.807) is 0 Å². The molecule has 112 valence electrons. The summed E-state index contributed by atoms with van der Waals surface area (Å²) in [5.41, 5.74) is 2.00. The van der Waals surface area contributed by atoms with Crippen LogP contribution in [0.25, 0.3) is 0 Å². The maximum atomic E-state index is 13.2. The molecule has 0 N–H and O–H groups in total. The fourth-order valence-corrected chi connectivity index (χ4v) is 2.45. The molecule has 1 aromatic heterocycles. The summed E-state index contributed by atoms with van der Waals surface area (Å²) in [6.45, 7) is 6.24. The van der Waals surface area contributed by atoms with E-state index in [0.717, 1.165) is 15.9 Å². The summed E-state index contributed by atoms with van der Waals surface area (Å²) in [5, 5.41) is 4.38. The molecule has 1 aromatic carbocycles. The quantitative estimate of drug-likeness (QED) is 0.765. The molecule has 6 heteroatoms. The smallest absolute Gasteiger partial charge is 0.163 e. The Bertz CT molecular complexity index is 683. The number of rotatable bonds is 5. The number of hydrogen-bond acceptors (Lipinski definition) is 3. The molecule has 0 aliphatic heterocycles. The molecule has 0 aliphatic carbocycles. The molecule has 0 saturated carbocycles. The number of ketones is 1. The number of hydrogen-bond donors (Lipinski definition) is 0. The molecule has 0 amide bonds. The summed E-state index contributed by atoms with van der Waals surface area (Å²) in [6, 6.07) is 3.94. The highest BCUT2D eigenvalue weighted by Crippen LogP contribution is 2.25. The minimum Gasteiger partial charge on any atom is -0.487 e. The molecular weight excluding hydrogens is 339 g/mol. The second kappa shape index (κ2) is 6.39. The zero-order valence-electron chi connectivity index (χ0n) is 12.1. The zero-order valence-corrected chi connectivity index (χ0v) is 13.7. The van der Waals surface area contributed by atoms with Crippen LogP contribution in [0.5, 0.6) is 5.75 Å². The highest BCUT2D eigenvalue weighted by atomic mass is 79.9. The Hall–Kier alpha value is -1.69. The van der Waals surface area contributed by atoms with Crippen LogP contribution in [0, 0.1) is 12.7 Å². The molecule has 0 bridgehead atoms. The molecule has 0 saturated heterocycles. The average molecular weight is 355 g/mol. The average Bonchev–Trinajstić information content (AvgIpc) is 2.72. The van der Waals surface area contributed by atoms with E-state index in [1.165, 1.54) is 25.1 Å². The summed E-state index contributed by atoms with van der Waals surface area (Å²) in [6.07, 6.45) is 0. The second-order valence-corrected chi connectivity index (χ2v) is 5.44. The molecule has 0 atom stereocenters. The van der Waals surface area contributed by atoms with Crippen molar-refractivity contribution in [2.45, 2.75) is 33.9 Å². The molecule has 0 radical (unpaired) electrons. The molecule has 1 heterocycles. The van der Waals surface area contributed by atoms with Crippen LogP contribution in [0.15, 0.2) is 22.7 Å². The Labute approximate surface area is 131 Å². The Morgan fingerprint density at radius 1 is 1.48 bits per heavy atom. The molecule has 0 aliphatic rings. The first-order valence-corrected chi connectivity index (χ1v) is 7.38. The van der Waals surface area contributed by atoms with Gasteiger partial charge < -0.3 is 4.74 Å². The molecule has 0 unspecified atom stereocenters. The first-order valence-electron chi connectivity index (χ1n) is 6.59. The summed E-state index contributed by atoms with van der Waals surface area (Å²) in [5.74, 6) is -0.316. The van der Waals surface area contributed by atoms with Crippen molar-refractivity contribution >= 4 is 21.7 Å².